The number of hydrogen-bond acceptors (Lipinski definition) is 2. The summed E-state index contributed by atoms with van der Waals surface area (Å²) in [6, 6.07) is 0. The Morgan fingerprint density at radius 2 is 1.39 bits per heavy atom. The molecule has 3 heteroatoms. The molecule has 134 valence electrons. The van der Waals surface area contributed by atoms with Gasteiger partial charge < -0.3 is 5.11 Å². The van der Waals surface area contributed by atoms with Crippen LogP contribution in [0.15, 0.2) is 0 Å². The summed E-state index contributed by atoms with van der Waals surface area (Å²) in [5, 5.41) is 9.09. The molecular weight excluding hydrogens is 304 g/mol. The summed E-state index contributed by atoms with van der Waals surface area (Å²) < 4.78 is 0.158. The van der Waals surface area contributed by atoms with Crippen LogP contribution in [0.25, 0.3) is 0 Å². The van der Waals surface area contributed by atoms with Crippen molar-refractivity contribution in [1.82, 2.24) is 0 Å². The number of carboxylic acids is 1. The molecule has 0 spiro atoms. The van der Waals surface area contributed by atoms with E-state index in [-0.39, 0.29) is 26.7 Å². The summed E-state index contributed by atoms with van der Waals surface area (Å²) in [4.78, 5) is 11.1. The third kappa shape index (κ3) is 10.7. The molecule has 0 saturated heterocycles. The van der Waals surface area contributed by atoms with Crippen LogP contribution in [-0.4, -0.2) is 20.6 Å². The van der Waals surface area contributed by atoms with Crippen LogP contribution in [0.2, 0.25) is 0 Å². The van der Waals surface area contributed by atoms with Crippen LogP contribution in [0.4, 0.5) is 0 Å². The van der Waals surface area contributed by atoms with Crippen LogP contribution < -0.4 is 0 Å². The number of carboxylic acid groups (broad SMARTS) is 1. The zero-order chi connectivity index (χ0) is 18.5. The van der Waals surface area contributed by atoms with Crippen LogP contribution in [0.1, 0.15) is 87.5 Å². The second kappa shape index (κ2) is 7.97. The summed E-state index contributed by atoms with van der Waals surface area (Å²) in [5.74, 6) is 2.03. The van der Waals surface area contributed by atoms with Gasteiger partial charge in [0.1, 0.15) is 0 Å². The number of rotatable bonds is 10. The highest BCUT2D eigenvalue weighted by atomic mass is 32.2. The molecule has 0 atom stereocenters. The lowest BCUT2D eigenvalue weighted by molar-refractivity contribution is -0.139. The van der Waals surface area contributed by atoms with E-state index in [1.807, 2.05) is 25.6 Å². The van der Waals surface area contributed by atoms with Crippen molar-refractivity contribution in [2.24, 2.45) is 10.8 Å². The van der Waals surface area contributed by atoms with Gasteiger partial charge in [0, 0.05) is 15.9 Å². The van der Waals surface area contributed by atoms with E-state index in [2.05, 4.69) is 47.5 Å². The molecule has 0 unspecified atom stereocenters. The van der Waals surface area contributed by atoms with Gasteiger partial charge in [0.25, 0.3) is 0 Å². The van der Waals surface area contributed by atoms with E-state index in [0.29, 0.717) is 0 Å². The highest BCUT2D eigenvalue weighted by Gasteiger charge is 2.37. The molecule has 0 radical (unpaired) electrons. The maximum absolute atomic E-state index is 11.1. The summed E-state index contributed by atoms with van der Waals surface area (Å²) in [5.41, 5.74) is 0.0208. The smallest absolute Gasteiger partial charge is 0.303 e. The van der Waals surface area contributed by atoms with Crippen molar-refractivity contribution >= 4 is 17.7 Å². The maximum atomic E-state index is 11.1. The van der Waals surface area contributed by atoms with E-state index in [1.54, 1.807) is 0 Å². The molecule has 0 aromatic heterocycles. The molecule has 0 saturated carbocycles. The van der Waals surface area contributed by atoms with E-state index in [0.717, 1.165) is 25.7 Å². The van der Waals surface area contributed by atoms with E-state index in [9.17, 15) is 4.79 Å². The fourth-order valence-electron chi connectivity index (χ4n) is 4.10. The third-order valence-corrected chi connectivity index (χ3v) is 5.33. The van der Waals surface area contributed by atoms with Crippen molar-refractivity contribution in [3.63, 3.8) is 0 Å². The molecule has 0 heterocycles. The fourth-order valence-corrected chi connectivity index (χ4v) is 6.52. The van der Waals surface area contributed by atoms with E-state index >= 15 is 0 Å². The first kappa shape index (κ1) is 22.4. The van der Waals surface area contributed by atoms with Crippen molar-refractivity contribution in [2.75, 3.05) is 0 Å². The summed E-state index contributed by atoms with van der Waals surface area (Å²) >= 11 is 1.97. The molecular formula is C20H36O2S. The minimum Gasteiger partial charge on any atom is -0.481 e. The summed E-state index contributed by atoms with van der Waals surface area (Å²) in [6.07, 6.45) is 9.46. The minimum absolute atomic E-state index is 0.0324. The average molecular weight is 341 g/mol. The second-order valence-electron chi connectivity index (χ2n) is 9.58. The molecule has 0 aromatic rings. The Bertz CT molecular complexity index is 439. The molecule has 1 N–H and O–H groups in total. The maximum Gasteiger partial charge on any atom is 0.303 e. The fraction of sp³-hybridized carbons (Fsp3) is 0.850. The molecule has 0 aliphatic rings. The summed E-state index contributed by atoms with van der Waals surface area (Å²) in [7, 11) is 0. The molecule has 0 fully saturated rings. The quantitative estimate of drug-likeness (QED) is 0.496. The Balaban J connectivity index is 4.86. The molecule has 0 rings (SSSR count). The van der Waals surface area contributed by atoms with Gasteiger partial charge in [0.05, 0.1) is 6.42 Å². The van der Waals surface area contributed by atoms with Crippen LogP contribution >= 0.6 is 11.8 Å². The van der Waals surface area contributed by atoms with E-state index < -0.39 is 5.97 Å². The van der Waals surface area contributed by atoms with Crippen LogP contribution in [0.3, 0.4) is 0 Å². The number of aliphatic carboxylic acids is 1. The van der Waals surface area contributed by atoms with Gasteiger partial charge in [0.2, 0.25) is 0 Å². The molecule has 0 aliphatic carbocycles. The van der Waals surface area contributed by atoms with Crippen LogP contribution in [0, 0.1) is 23.2 Å². The van der Waals surface area contributed by atoms with E-state index in [1.165, 1.54) is 0 Å². The van der Waals surface area contributed by atoms with Crippen LogP contribution in [-0.2, 0) is 4.79 Å². The lowest BCUT2D eigenvalue weighted by Gasteiger charge is -2.42. The Labute approximate surface area is 148 Å². The number of carbonyl (C=O) groups is 1. The first-order valence-electron chi connectivity index (χ1n) is 8.45. The Hall–Kier alpha value is -0.620. The molecule has 0 aliphatic heterocycles. The SMILES string of the molecule is C#CCCC(C)(C)CC(C)(C)SC(C)(C)CC(C)(C)CC(=O)O. The largest absolute Gasteiger partial charge is 0.481 e. The third-order valence-electron chi connectivity index (χ3n) is 3.94. The van der Waals surface area contributed by atoms with Crippen LogP contribution in [0.5, 0.6) is 0 Å². The van der Waals surface area contributed by atoms with Gasteiger partial charge in [-0.15, -0.1) is 24.1 Å². The van der Waals surface area contributed by atoms with Gasteiger partial charge in [-0.25, -0.2) is 0 Å². The predicted octanol–water partition coefficient (Wildman–Crippen LogP) is 6.00. The first-order chi connectivity index (χ1) is 10.1. The Kier molecular flexibility index (Phi) is 7.75. The standard InChI is InChI=1S/C20H36O2S/c1-10-11-12-17(2,3)14-19(6,7)23-20(8,9)15-18(4,5)13-16(21)22/h1H,11-15H2,2-9H3,(H,21,22). The monoisotopic (exact) mass is 340 g/mol. The van der Waals surface area contributed by atoms with Crippen molar-refractivity contribution in [2.45, 2.75) is 97.0 Å². The zero-order valence-corrected chi connectivity index (χ0v) is 17.2. The number of terminal acetylenes is 1. The lowest BCUT2D eigenvalue weighted by atomic mass is 9.80. The van der Waals surface area contributed by atoms with Gasteiger partial charge in [-0.3, -0.25) is 4.79 Å². The Morgan fingerprint density at radius 1 is 0.957 bits per heavy atom. The molecule has 2 nitrogen and oxygen atoms in total. The van der Waals surface area contributed by atoms with Gasteiger partial charge in [-0.1, -0.05) is 55.4 Å². The summed E-state index contributed by atoms with van der Waals surface area (Å²) in [6.45, 7) is 17.7. The lowest BCUT2D eigenvalue weighted by Crippen LogP contribution is -2.34. The highest BCUT2D eigenvalue weighted by Crippen LogP contribution is 2.48. The van der Waals surface area contributed by atoms with E-state index in [4.69, 9.17) is 11.5 Å². The molecule has 23 heavy (non-hydrogen) atoms. The zero-order valence-electron chi connectivity index (χ0n) is 16.4. The number of thioether (sulfide) groups is 1. The predicted molar refractivity (Wildman–Crippen MR) is 103 cm³/mol. The highest BCUT2D eigenvalue weighted by molar-refractivity contribution is 8.01. The minimum atomic E-state index is -0.717. The van der Waals surface area contributed by atoms with Crippen molar-refractivity contribution in [3.05, 3.63) is 0 Å². The van der Waals surface area contributed by atoms with Gasteiger partial charge >= 0.3 is 5.97 Å². The topological polar surface area (TPSA) is 37.3 Å². The van der Waals surface area contributed by atoms with Crippen molar-refractivity contribution in [3.8, 4) is 12.3 Å². The van der Waals surface area contributed by atoms with Gasteiger partial charge in [0.15, 0.2) is 0 Å². The number of hydrogen-bond donors (Lipinski definition) is 1. The second-order valence-corrected chi connectivity index (χ2v) is 12.0. The van der Waals surface area contributed by atoms with Crippen molar-refractivity contribution in [1.29, 1.82) is 0 Å². The first-order valence-corrected chi connectivity index (χ1v) is 9.27. The van der Waals surface area contributed by atoms with Crippen molar-refractivity contribution < 1.29 is 9.90 Å². The molecule has 0 bridgehead atoms. The Morgan fingerprint density at radius 3 is 1.78 bits per heavy atom. The normalized spacial score (nSPS) is 13.7. The molecule has 0 aromatic carbocycles. The van der Waals surface area contributed by atoms with Gasteiger partial charge in [-0.05, 0) is 30.1 Å². The average Bonchev–Trinajstić information content (AvgIpc) is 2.18. The molecule has 0 amide bonds. The van der Waals surface area contributed by atoms with Gasteiger partial charge in [-0.2, -0.15) is 0 Å².